The molecule has 0 saturated heterocycles. The van der Waals surface area contributed by atoms with Crippen molar-refractivity contribution in [1.82, 2.24) is 5.32 Å². The molecule has 1 amide bonds. The molecule has 0 fully saturated rings. The number of nitrogens with one attached hydrogen (secondary N) is 1. The summed E-state index contributed by atoms with van der Waals surface area (Å²) < 4.78 is 0. The van der Waals surface area contributed by atoms with Gasteiger partial charge in [0.25, 0.3) is 0 Å². The molecule has 6 heteroatoms. The van der Waals surface area contributed by atoms with Crippen molar-refractivity contribution in [2.75, 3.05) is 12.3 Å². The first-order valence-electron chi connectivity index (χ1n) is 5.64. The van der Waals surface area contributed by atoms with Gasteiger partial charge in [-0.2, -0.15) is 0 Å². The molecule has 102 valence electrons. The summed E-state index contributed by atoms with van der Waals surface area (Å²) in [4.78, 5) is 32.5. The van der Waals surface area contributed by atoms with Crippen LogP contribution in [0.15, 0.2) is 12.2 Å². The molecule has 0 saturated carbocycles. The van der Waals surface area contributed by atoms with E-state index in [0.29, 0.717) is 12.5 Å². The Labute approximate surface area is 111 Å². The first-order chi connectivity index (χ1) is 8.32. The minimum Gasteiger partial charge on any atom is -0.478 e. The lowest BCUT2D eigenvalue weighted by molar-refractivity contribution is -0.134. The number of carboxylic acid groups (broad SMARTS) is 1. The predicted molar refractivity (Wildman–Crippen MR) is 71.3 cm³/mol. The van der Waals surface area contributed by atoms with E-state index in [1.807, 2.05) is 6.92 Å². The Morgan fingerprint density at radius 1 is 1.39 bits per heavy atom. The minimum atomic E-state index is -1.16. The van der Waals surface area contributed by atoms with Gasteiger partial charge >= 0.3 is 5.97 Å². The molecule has 5 nitrogen and oxygen atoms in total. The second-order valence-corrected chi connectivity index (χ2v) is 5.33. The smallest absolute Gasteiger partial charge is 0.331 e. The molecule has 1 unspecified atom stereocenters. The molecule has 0 aromatic rings. The van der Waals surface area contributed by atoms with E-state index >= 15 is 0 Å². The molecule has 2 N–H and O–H groups in total. The predicted octanol–water partition coefficient (Wildman–Crippen LogP) is 1.44. The maximum atomic E-state index is 11.3. The summed E-state index contributed by atoms with van der Waals surface area (Å²) >= 11 is 1.27. The van der Waals surface area contributed by atoms with E-state index in [-0.39, 0.29) is 23.0 Å². The summed E-state index contributed by atoms with van der Waals surface area (Å²) in [7, 11) is 0. The van der Waals surface area contributed by atoms with Gasteiger partial charge in [-0.25, -0.2) is 4.79 Å². The second kappa shape index (κ2) is 8.74. The molecule has 1 atom stereocenters. The Kier molecular flexibility index (Phi) is 8.11. The molecule has 0 aromatic heterocycles. The summed E-state index contributed by atoms with van der Waals surface area (Å²) in [5, 5.41) is 11.3. The van der Waals surface area contributed by atoms with Crippen molar-refractivity contribution >= 4 is 28.8 Å². The van der Waals surface area contributed by atoms with Crippen LogP contribution in [-0.2, 0) is 14.4 Å². The largest absolute Gasteiger partial charge is 0.478 e. The molecular weight excluding hydrogens is 254 g/mol. The van der Waals surface area contributed by atoms with Crippen LogP contribution in [0.1, 0.15) is 26.7 Å². The molecule has 0 aliphatic carbocycles. The van der Waals surface area contributed by atoms with Crippen molar-refractivity contribution in [3.05, 3.63) is 12.2 Å². The van der Waals surface area contributed by atoms with Gasteiger partial charge in [0.05, 0.1) is 6.42 Å². The van der Waals surface area contributed by atoms with E-state index < -0.39 is 5.97 Å². The van der Waals surface area contributed by atoms with Gasteiger partial charge in [-0.15, -0.1) is 0 Å². The van der Waals surface area contributed by atoms with Crippen molar-refractivity contribution in [1.29, 1.82) is 0 Å². The van der Waals surface area contributed by atoms with Crippen LogP contribution in [-0.4, -0.2) is 34.4 Å². The highest BCUT2D eigenvalue weighted by molar-refractivity contribution is 8.13. The molecule has 0 heterocycles. The van der Waals surface area contributed by atoms with E-state index in [1.165, 1.54) is 18.7 Å². The van der Waals surface area contributed by atoms with Gasteiger partial charge in [-0.3, -0.25) is 9.59 Å². The molecule has 0 spiro atoms. The van der Waals surface area contributed by atoms with Crippen LogP contribution in [0.5, 0.6) is 0 Å². The second-order valence-electron chi connectivity index (χ2n) is 4.13. The lowest BCUT2D eigenvalue weighted by Crippen LogP contribution is -2.26. The maximum absolute atomic E-state index is 11.3. The molecule has 0 aliphatic heterocycles. The summed E-state index contributed by atoms with van der Waals surface area (Å²) in [6.07, 6.45) is 0.567. The van der Waals surface area contributed by atoms with Crippen LogP contribution < -0.4 is 5.32 Å². The first-order valence-corrected chi connectivity index (χ1v) is 6.62. The molecule has 18 heavy (non-hydrogen) atoms. The third-order valence-corrected chi connectivity index (χ3v) is 3.35. The van der Waals surface area contributed by atoms with E-state index in [4.69, 9.17) is 5.11 Å². The van der Waals surface area contributed by atoms with Gasteiger partial charge in [0, 0.05) is 24.8 Å². The number of amides is 1. The number of rotatable bonds is 8. The number of hydrogen-bond acceptors (Lipinski definition) is 4. The molecular formula is C12H19NO4S. The zero-order chi connectivity index (χ0) is 14.1. The molecule has 0 radical (unpaired) electrons. The van der Waals surface area contributed by atoms with E-state index in [2.05, 4.69) is 11.9 Å². The number of carbonyl (C=O) groups is 3. The Morgan fingerprint density at radius 3 is 2.50 bits per heavy atom. The fourth-order valence-electron chi connectivity index (χ4n) is 1.13. The topological polar surface area (TPSA) is 83.5 Å². The van der Waals surface area contributed by atoms with Gasteiger partial charge in [0.2, 0.25) is 5.91 Å². The Morgan fingerprint density at radius 2 is 2.00 bits per heavy atom. The molecule has 0 aromatic carbocycles. The van der Waals surface area contributed by atoms with Crippen LogP contribution in [0, 0.1) is 5.92 Å². The minimum absolute atomic E-state index is 0.0867. The number of carboxylic acids is 1. The zero-order valence-electron chi connectivity index (χ0n) is 10.7. The Hall–Kier alpha value is -1.30. The van der Waals surface area contributed by atoms with Crippen LogP contribution in [0.2, 0.25) is 0 Å². The van der Waals surface area contributed by atoms with Crippen molar-refractivity contribution in [3.8, 4) is 0 Å². The maximum Gasteiger partial charge on any atom is 0.331 e. The summed E-state index contributed by atoms with van der Waals surface area (Å²) in [6.45, 7) is 7.29. The molecule has 0 aliphatic rings. The van der Waals surface area contributed by atoms with Crippen molar-refractivity contribution in [2.24, 2.45) is 5.92 Å². The third kappa shape index (κ3) is 8.81. The van der Waals surface area contributed by atoms with Gasteiger partial charge in [0.1, 0.15) is 0 Å². The monoisotopic (exact) mass is 273 g/mol. The highest BCUT2D eigenvalue weighted by Gasteiger charge is 2.10. The normalized spacial score (nSPS) is 11.7. The van der Waals surface area contributed by atoms with Crippen molar-refractivity contribution < 1.29 is 19.5 Å². The number of aliphatic carboxylic acids is 1. The van der Waals surface area contributed by atoms with Gasteiger partial charge in [0.15, 0.2) is 5.12 Å². The number of hydrogen-bond donors (Lipinski definition) is 2. The lowest BCUT2D eigenvalue weighted by Gasteiger charge is -2.10. The van der Waals surface area contributed by atoms with Crippen molar-refractivity contribution in [3.63, 3.8) is 0 Å². The van der Waals surface area contributed by atoms with Gasteiger partial charge < -0.3 is 10.4 Å². The van der Waals surface area contributed by atoms with Crippen LogP contribution in [0.25, 0.3) is 0 Å². The van der Waals surface area contributed by atoms with Gasteiger partial charge in [-0.1, -0.05) is 25.3 Å². The van der Waals surface area contributed by atoms with Crippen LogP contribution in [0.4, 0.5) is 0 Å². The van der Waals surface area contributed by atoms with Crippen LogP contribution >= 0.6 is 11.8 Å². The van der Waals surface area contributed by atoms with Crippen molar-refractivity contribution in [2.45, 2.75) is 26.7 Å². The standard InChI is InChI=1S/C12H19NO4S/c1-8(7-18-10(3)14)4-5-13-11(15)6-9(2)12(16)17/h8H,2,4-7H2,1,3H3,(H,13,15)(H,16,17). The van der Waals surface area contributed by atoms with E-state index in [9.17, 15) is 14.4 Å². The quantitative estimate of drug-likeness (QED) is 0.654. The number of thioether (sulfide) groups is 1. The highest BCUT2D eigenvalue weighted by atomic mass is 32.2. The number of carbonyl (C=O) groups excluding carboxylic acids is 2. The average Bonchev–Trinajstić information content (AvgIpc) is 2.26. The Bertz CT molecular complexity index is 341. The zero-order valence-corrected chi connectivity index (χ0v) is 11.5. The summed E-state index contributed by atoms with van der Waals surface area (Å²) in [5.74, 6) is -0.445. The van der Waals surface area contributed by atoms with E-state index in [0.717, 1.165) is 12.2 Å². The fraction of sp³-hybridized carbons (Fsp3) is 0.583. The lowest BCUT2D eigenvalue weighted by atomic mass is 10.1. The van der Waals surface area contributed by atoms with Gasteiger partial charge in [-0.05, 0) is 12.3 Å². The highest BCUT2D eigenvalue weighted by Crippen LogP contribution is 2.11. The molecule has 0 rings (SSSR count). The SMILES string of the molecule is C=C(CC(=O)NCCC(C)CSC(C)=O)C(=O)O. The summed E-state index contributed by atoms with van der Waals surface area (Å²) in [6, 6.07) is 0. The summed E-state index contributed by atoms with van der Waals surface area (Å²) in [5.41, 5.74) is -0.118. The Balaban J connectivity index is 3.71. The fourth-order valence-corrected chi connectivity index (χ4v) is 1.82. The van der Waals surface area contributed by atoms with E-state index in [1.54, 1.807) is 0 Å². The average molecular weight is 273 g/mol. The molecule has 0 bridgehead atoms. The first kappa shape index (κ1) is 16.7. The van der Waals surface area contributed by atoms with Crippen LogP contribution in [0.3, 0.4) is 0 Å². The third-order valence-electron chi connectivity index (χ3n) is 2.21.